The number of ketones is 4. The van der Waals surface area contributed by atoms with E-state index in [4.69, 9.17) is 5.73 Å². The summed E-state index contributed by atoms with van der Waals surface area (Å²) in [6.45, 7) is 7.74. The van der Waals surface area contributed by atoms with Crippen molar-refractivity contribution in [2.24, 2.45) is 34.8 Å². The van der Waals surface area contributed by atoms with Crippen LogP contribution >= 0.6 is 0 Å². The highest BCUT2D eigenvalue weighted by Crippen LogP contribution is 2.52. The molecule has 1 aliphatic heterocycles. The van der Waals surface area contributed by atoms with E-state index < -0.39 is 76.1 Å². The predicted molar refractivity (Wildman–Crippen MR) is 168 cm³/mol. The van der Waals surface area contributed by atoms with Crippen LogP contribution in [0.4, 0.5) is 11.4 Å². The van der Waals surface area contributed by atoms with Crippen LogP contribution < -0.4 is 16.0 Å². The quantitative estimate of drug-likeness (QED) is 0.249. The van der Waals surface area contributed by atoms with Gasteiger partial charge in [0, 0.05) is 32.2 Å². The number of anilines is 2. The summed E-state index contributed by atoms with van der Waals surface area (Å²) in [5.41, 5.74) is 3.43. The molecule has 0 aromatic heterocycles. The largest absolute Gasteiger partial charge is 0.505 e. The first-order valence-corrected chi connectivity index (χ1v) is 15.8. The third-order valence-electron chi connectivity index (χ3n) is 10.1. The zero-order valence-electron chi connectivity index (χ0n) is 27.5. The van der Waals surface area contributed by atoms with Gasteiger partial charge in [0.25, 0.3) is 0 Å². The molecule has 5 N–H and O–H groups in total. The standard InChI is InChI=1S/C33H45N5O8/c1-32(2,3)14-38-10-8-9-19(38)31(45)35-18-13-20(36(4)5)16-11-15-12-17-24(37(6)7)27(41)23(30(34)44)29(43)33(17,46)28(42)21(15)26(40)22(16)25(18)39/h13,15,17,19,21,23-24,39,46H,8-12,14H2,1-7H3,(H2,34,44)(H,35,45)/t15-,17-,19-,21?,23?,24-,33-/m0/s1. The molecule has 2 amide bonds. The van der Waals surface area contributed by atoms with Gasteiger partial charge in [-0.2, -0.15) is 0 Å². The number of likely N-dealkylation sites (N-methyl/N-ethyl adjacent to an activating group) is 1. The van der Waals surface area contributed by atoms with Gasteiger partial charge in [0.2, 0.25) is 11.8 Å². The molecule has 1 saturated heterocycles. The molecule has 0 spiro atoms. The second kappa shape index (κ2) is 11.5. The number of aromatic hydroxyl groups is 1. The van der Waals surface area contributed by atoms with Crippen molar-refractivity contribution >= 4 is 46.3 Å². The van der Waals surface area contributed by atoms with Gasteiger partial charge in [-0.3, -0.25) is 38.6 Å². The number of fused-ring (bicyclic) bond motifs is 3. The molecular formula is C33H45N5O8. The van der Waals surface area contributed by atoms with E-state index in [9.17, 15) is 39.0 Å². The van der Waals surface area contributed by atoms with Gasteiger partial charge in [0.05, 0.1) is 29.3 Å². The Kier molecular flexibility index (Phi) is 8.44. The van der Waals surface area contributed by atoms with E-state index in [0.717, 1.165) is 13.0 Å². The van der Waals surface area contributed by atoms with Crippen LogP contribution in [0.2, 0.25) is 0 Å². The molecular weight excluding hydrogens is 594 g/mol. The van der Waals surface area contributed by atoms with Crippen molar-refractivity contribution in [3.63, 3.8) is 0 Å². The summed E-state index contributed by atoms with van der Waals surface area (Å²) in [5, 5.41) is 26.2. The molecule has 1 aromatic carbocycles. The molecule has 3 fully saturated rings. The van der Waals surface area contributed by atoms with E-state index in [1.807, 2.05) is 0 Å². The molecule has 1 heterocycles. The number of hydrogen-bond acceptors (Lipinski definition) is 11. The predicted octanol–water partition coefficient (Wildman–Crippen LogP) is 0.382. The molecule has 0 radical (unpaired) electrons. The Bertz CT molecular complexity index is 1530. The monoisotopic (exact) mass is 639 g/mol. The van der Waals surface area contributed by atoms with Gasteiger partial charge in [-0.25, -0.2) is 0 Å². The lowest BCUT2D eigenvalue weighted by Crippen LogP contribution is -2.74. The van der Waals surface area contributed by atoms with Crippen LogP contribution in [-0.4, -0.2) is 114 Å². The number of nitrogens with two attached hydrogens (primary N) is 1. The van der Waals surface area contributed by atoms with Gasteiger partial charge in [0.15, 0.2) is 34.7 Å². The van der Waals surface area contributed by atoms with Crippen LogP contribution in [-0.2, 0) is 30.4 Å². The Balaban J connectivity index is 1.56. The lowest BCUT2D eigenvalue weighted by molar-refractivity contribution is -0.181. The Morgan fingerprint density at radius 3 is 2.33 bits per heavy atom. The van der Waals surface area contributed by atoms with Crippen molar-refractivity contribution in [2.75, 3.05) is 51.5 Å². The highest BCUT2D eigenvalue weighted by molar-refractivity contribution is 6.32. The van der Waals surface area contributed by atoms with Crippen molar-refractivity contribution in [3.05, 3.63) is 17.2 Å². The van der Waals surface area contributed by atoms with Crippen molar-refractivity contribution in [2.45, 2.75) is 64.1 Å². The molecule has 7 atom stereocenters. The summed E-state index contributed by atoms with van der Waals surface area (Å²) in [4.78, 5) is 86.4. The molecule has 5 rings (SSSR count). The number of phenols is 1. The molecule has 3 aliphatic carbocycles. The van der Waals surface area contributed by atoms with E-state index >= 15 is 0 Å². The highest BCUT2D eigenvalue weighted by Gasteiger charge is 2.69. The van der Waals surface area contributed by atoms with E-state index in [1.54, 1.807) is 39.2 Å². The zero-order chi connectivity index (χ0) is 34.2. The van der Waals surface area contributed by atoms with Gasteiger partial charge in [-0.15, -0.1) is 0 Å². The second-order valence-electron chi connectivity index (χ2n) is 15.0. The van der Waals surface area contributed by atoms with Crippen molar-refractivity contribution < 1.29 is 39.0 Å². The summed E-state index contributed by atoms with van der Waals surface area (Å²) in [6.07, 6.45) is 1.57. The summed E-state index contributed by atoms with van der Waals surface area (Å²) < 4.78 is 0. The molecule has 2 unspecified atom stereocenters. The maximum absolute atomic E-state index is 14.3. The minimum atomic E-state index is -2.80. The minimum Gasteiger partial charge on any atom is -0.505 e. The molecule has 2 saturated carbocycles. The number of rotatable bonds is 6. The Morgan fingerprint density at radius 1 is 1.11 bits per heavy atom. The van der Waals surface area contributed by atoms with Crippen LogP contribution in [0, 0.1) is 29.1 Å². The topological polar surface area (TPSA) is 191 Å². The third-order valence-corrected chi connectivity index (χ3v) is 10.1. The Hall–Kier alpha value is -3.68. The number of nitrogens with one attached hydrogen (secondary N) is 1. The molecule has 4 aliphatic rings. The molecule has 0 bridgehead atoms. The fourth-order valence-corrected chi connectivity index (χ4v) is 8.28. The van der Waals surface area contributed by atoms with E-state index in [0.29, 0.717) is 24.2 Å². The van der Waals surface area contributed by atoms with Crippen LogP contribution in [0.3, 0.4) is 0 Å². The molecule has 13 heteroatoms. The van der Waals surface area contributed by atoms with Crippen LogP contribution in [0.15, 0.2) is 6.07 Å². The number of phenolic OH excluding ortho intramolecular Hbond substituents is 1. The Morgan fingerprint density at radius 2 is 1.76 bits per heavy atom. The summed E-state index contributed by atoms with van der Waals surface area (Å²) in [7, 11) is 6.60. The first-order valence-electron chi connectivity index (χ1n) is 15.8. The first-order chi connectivity index (χ1) is 21.3. The Labute approximate surface area is 268 Å². The number of carbonyl (C=O) groups excluding carboxylic acids is 6. The number of amides is 2. The van der Waals surface area contributed by atoms with Gasteiger partial charge in [0.1, 0.15) is 5.75 Å². The van der Waals surface area contributed by atoms with E-state index in [1.165, 1.54) is 4.90 Å². The van der Waals surface area contributed by atoms with Gasteiger partial charge < -0.3 is 26.2 Å². The summed E-state index contributed by atoms with van der Waals surface area (Å²) in [6, 6.07) is 0.0122. The number of likely N-dealkylation sites (tertiary alicyclic amines) is 1. The maximum atomic E-state index is 14.3. The SMILES string of the molecule is CN(C)c1cc(NC(=O)[C@@H]2CCCN2CC(C)(C)C)c(O)c2c1C[C@H]1C[C@H]3[C@H](N(C)C)C(=O)C(C(N)=O)C(=O)[C@@]3(O)C(=O)C1C2=O. The lowest BCUT2D eigenvalue weighted by atomic mass is 9.52. The maximum Gasteiger partial charge on any atom is 0.241 e. The average molecular weight is 640 g/mol. The molecule has 250 valence electrons. The second-order valence-corrected chi connectivity index (χ2v) is 15.0. The van der Waals surface area contributed by atoms with E-state index in [2.05, 4.69) is 31.0 Å². The van der Waals surface area contributed by atoms with Gasteiger partial charge in [-0.1, -0.05) is 20.8 Å². The highest BCUT2D eigenvalue weighted by atomic mass is 16.3. The number of Topliss-reactive ketones (excluding diaryl/α,β-unsaturated/α-hetero) is 4. The van der Waals surface area contributed by atoms with Crippen molar-refractivity contribution in [1.29, 1.82) is 0 Å². The number of benzene rings is 1. The zero-order valence-corrected chi connectivity index (χ0v) is 27.5. The molecule has 46 heavy (non-hydrogen) atoms. The molecule has 13 nitrogen and oxygen atoms in total. The summed E-state index contributed by atoms with van der Waals surface area (Å²) in [5.74, 6) is -11.6. The number of aliphatic hydroxyl groups is 1. The number of hydrogen-bond donors (Lipinski definition) is 4. The fraction of sp³-hybridized carbons (Fsp3) is 0.636. The first kappa shape index (κ1) is 33.7. The van der Waals surface area contributed by atoms with Crippen molar-refractivity contribution in [1.82, 2.24) is 9.80 Å². The van der Waals surface area contributed by atoms with Gasteiger partial charge in [-0.05, 0) is 69.3 Å². The number of nitrogens with zero attached hydrogens (tertiary/aromatic N) is 3. The summed E-state index contributed by atoms with van der Waals surface area (Å²) >= 11 is 0. The minimum absolute atomic E-state index is 0.0162. The third kappa shape index (κ3) is 5.22. The smallest absolute Gasteiger partial charge is 0.241 e. The average Bonchev–Trinajstić information content (AvgIpc) is 3.38. The molecule has 1 aromatic rings. The van der Waals surface area contributed by atoms with Crippen LogP contribution in [0.25, 0.3) is 0 Å². The van der Waals surface area contributed by atoms with Gasteiger partial charge >= 0.3 is 0 Å². The normalized spacial score (nSPS) is 31.4. The van der Waals surface area contributed by atoms with Crippen molar-refractivity contribution in [3.8, 4) is 5.75 Å². The van der Waals surface area contributed by atoms with Crippen LogP contribution in [0.5, 0.6) is 5.75 Å². The lowest BCUT2D eigenvalue weighted by Gasteiger charge is -2.52. The number of carbonyl (C=O) groups is 6. The fourth-order valence-electron chi connectivity index (χ4n) is 8.28. The van der Waals surface area contributed by atoms with Crippen LogP contribution in [0.1, 0.15) is 56.0 Å². The van der Waals surface area contributed by atoms with E-state index in [-0.39, 0.29) is 35.4 Å². The number of primary amides is 1.